The molecule has 1 unspecified atom stereocenters. The van der Waals surface area contributed by atoms with Crippen LogP contribution >= 0.6 is 0 Å². The number of carbonyl (C=O) groups excluding carboxylic acids is 1. The molecule has 43 heavy (non-hydrogen) atoms. The number of sulfonamides is 1. The lowest BCUT2D eigenvalue weighted by Crippen LogP contribution is -2.45. The van der Waals surface area contributed by atoms with E-state index >= 15 is 0 Å². The molecule has 224 valence electrons. The van der Waals surface area contributed by atoms with E-state index in [9.17, 15) is 23.1 Å². The molecule has 5 N–H and O–H groups in total. The molecule has 3 aromatic carbocycles. The molecule has 0 fully saturated rings. The molecule has 0 spiro atoms. The van der Waals surface area contributed by atoms with E-state index in [2.05, 4.69) is 20.0 Å². The van der Waals surface area contributed by atoms with Gasteiger partial charge in [0.15, 0.2) is 0 Å². The van der Waals surface area contributed by atoms with Gasteiger partial charge in [-0.2, -0.15) is 0 Å². The van der Waals surface area contributed by atoms with Crippen molar-refractivity contribution in [2.75, 3.05) is 12.3 Å². The van der Waals surface area contributed by atoms with Crippen molar-refractivity contribution in [2.24, 2.45) is 5.41 Å². The summed E-state index contributed by atoms with van der Waals surface area (Å²) >= 11 is 0. The molecule has 1 atom stereocenters. The predicted molar refractivity (Wildman–Crippen MR) is 164 cm³/mol. The van der Waals surface area contributed by atoms with E-state index in [1.807, 2.05) is 45.0 Å². The number of nitrogens with zero attached hydrogens (tertiary/aromatic N) is 3. The number of nitrogens with two attached hydrogens (primary N) is 1. The second-order valence-electron chi connectivity index (χ2n) is 11.6. The molecule has 4 aromatic rings. The summed E-state index contributed by atoms with van der Waals surface area (Å²) in [6, 6.07) is 19.1. The van der Waals surface area contributed by atoms with Gasteiger partial charge in [-0.25, -0.2) is 27.9 Å². The van der Waals surface area contributed by atoms with Gasteiger partial charge < -0.3 is 21.1 Å². The monoisotopic (exact) mass is 602 g/mol. The van der Waals surface area contributed by atoms with Crippen LogP contribution in [0.25, 0.3) is 22.0 Å². The zero-order valence-corrected chi connectivity index (χ0v) is 25.0. The molecule has 2 heterocycles. The molecule has 0 saturated carbocycles. The third-order valence-electron chi connectivity index (χ3n) is 7.60. The third kappa shape index (κ3) is 6.45. The third-order valence-corrected chi connectivity index (χ3v) is 9.12. The Morgan fingerprint density at radius 1 is 1.00 bits per heavy atom. The molecule has 2 amide bonds. The number of hydrogen-bond acceptors (Lipinski definition) is 7. The Morgan fingerprint density at radius 2 is 1.65 bits per heavy atom. The van der Waals surface area contributed by atoms with Crippen molar-refractivity contribution in [1.82, 2.24) is 24.9 Å². The Kier molecular flexibility index (Phi) is 8.08. The fourth-order valence-electron chi connectivity index (χ4n) is 5.33. The van der Waals surface area contributed by atoms with E-state index in [-0.39, 0.29) is 35.4 Å². The van der Waals surface area contributed by atoms with E-state index in [0.29, 0.717) is 35.1 Å². The molecule has 12 heteroatoms. The Morgan fingerprint density at radius 3 is 2.30 bits per heavy atom. The van der Waals surface area contributed by atoms with Crippen LogP contribution in [-0.4, -0.2) is 53.0 Å². The van der Waals surface area contributed by atoms with Gasteiger partial charge in [-0.3, -0.25) is 4.79 Å². The van der Waals surface area contributed by atoms with Crippen LogP contribution < -0.4 is 15.8 Å². The van der Waals surface area contributed by atoms with E-state index in [0.717, 1.165) is 11.1 Å². The summed E-state index contributed by atoms with van der Waals surface area (Å²) in [5.41, 5.74) is 9.31. The number of anilines is 1. The highest BCUT2D eigenvalue weighted by molar-refractivity contribution is 7.89. The molecule has 0 aliphatic carbocycles. The smallest absolute Gasteiger partial charge is 0.404 e. The molecule has 5 rings (SSSR count). The number of benzene rings is 3. The van der Waals surface area contributed by atoms with Crippen LogP contribution in [0.4, 0.5) is 10.7 Å². The predicted octanol–water partition coefficient (Wildman–Crippen LogP) is 4.39. The van der Waals surface area contributed by atoms with Crippen molar-refractivity contribution >= 4 is 38.9 Å². The number of fused-ring (bicyclic) bond motifs is 2. The minimum absolute atomic E-state index is 0.0284. The summed E-state index contributed by atoms with van der Waals surface area (Å²) in [7, 11) is -3.99. The Bertz CT molecular complexity index is 1790. The lowest BCUT2D eigenvalue weighted by molar-refractivity contribution is 0.0747. The minimum atomic E-state index is -3.99. The molecule has 0 radical (unpaired) electrons. The van der Waals surface area contributed by atoms with Crippen molar-refractivity contribution in [3.8, 4) is 11.1 Å². The van der Waals surface area contributed by atoms with Crippen molar-refractivity contribution in [3.63, 3.8) is 0 Å². The molecular formula is C31H34N6O5S. The average Bonchev–Trinajstić information content (AvgIpc) is 3.39. The first kappa shape index (κ1) is 29.9. The second-order valence-corrected chi connectivity index (χ2v) is 13.4. The van der Waals surface area contributed by atoms with E-state index in [1.165, 1.54) is 6.07 Å². The summed E-state index contributed by atoms with van der Waals surface area (Å²) in [6.07, 6.45) is -0.903. The van der Waals surface area contributed by atoms with E-state index in [4.69, 9.17) is 5.73 Å². The molecule has 11 nitrogen and oxygen atoms in total. The first-order valence-electron chi connectivity index (χ1n) is 13.9. The molecule has 1 aromatic heterocycles. The number of amides is 2. The molecule has 1 aliphatic rings. The van der Waals surface area contributed by atoms with Gasteiger partial charge in [0, 0.05) is 36.6 Å². The van der Waals surface area contributed by atoms with Crippen LogP contribution in [0.1, 0.15) is 48.8 Å². The second kappa shape index (κ2) is 11.6. The van der Waals surface area contributed by atoms with Crippen molar-refractivity contribution in [1.29, 1.82) is 0 Å². The summed E-state index contributed by atoms with van der Waals surface area (Å²) in [5.74, 6) is -0.322. The van der Waals surface area contributed by atoms with Gasteiger partial charge in [-0.15, -0.1) is 0 Å². The quantitative estimate of drug-likeness (QED) is 0.230. The fourth-order valence-corrected chi connectivity index (χ4v) is 6.60. The van der Waals surface area contributed by atoms with Crippen LogP contribution in [0.15, 0.2) is 71.6 Å². The SMILES string of the molecule is CC(C)(C)C(CCNS(=O)(=O)c1ccccc1-c1ccc2nc(N)nc(C(=O)N3Cc4ccccc4C3)c2c1)NC(=O)O. The van der Waals surface area contributed by atoms with Crippen LogP contribution in [0.3, 0.4) is 0 Å². The Balaban J connectivity index is 1.45. The maximum atomic E-state index is 13.7. The number of hydrogen-bond donors (Lipinski definition) is 4. The summed E-state index contributed by atoms with van der Waals surface area (Å²) in [6.45, 7) is 6.58. The largest absolute Gasteiger partial charge is 0.465 e. The van der Waals surface area contributed by atoms with Gasteiger partial charge in [0.1, 0.15) is 5.69 Å². The average molecular weight is 603 g/mol. The summed E-state index contributed by atoms with van der Waals surface area (Å²) in [5, 5.41) is 12.1. The van der Waals surface area contributed by atoms with Crippen molar-refractivity contribution in [2.45, 2.75) is 51.2 Å². The molecule has 0 bridgehead atoms. The van der Waals surface area contributed by atoms with Gasteiger partial charge in [0.25, 0.3) is 5.91 Å². The first-order valence-corrected chi connectivity index (χ1v) is 15.3. The maximum absolute atomic E-state index is 13.7. The van der Waals surface area contributed by atoms with Crippen LogP contribution in [0.2, 0.25) is 0 Å². The van der Waals surface area contributed by atoms with E-state index in [1.54, 1.807) is 41.3 Å². The molecule has 0 saturated heterocycles. The number of rotatable bonds is 8. The summed E-state index contributed by atoms with van der Waals surface area (Å²) in [4.78, 5) is 35.3. The number of nitrogen functional groups attached to an aromatic ring is 1. The zero-order valence-electron chi connectivity index (χ0n) is 24.2. The number of nitrogens with one attached hydrogen (secondary N) is 2. The van der Waals surface area contributed by atoms with Gasteiger partial charge in [-0.1, -0.05) is 69.3 Å². The van der Waals surface area contributed by atoms with Gasteiger partial charge in [-0.05, 0) is 46.7 Å². The maximum Gasteiger partial charge on any atom is 0.404 e. The lowest BCUT2D eigenvalue weighted by Gasteiger charge is -2.30. The van der Waals surface area contributed by atoms with Gasteiger partial charge in [0.05, 0.1) is 10.4 Å². The fraction of sp³-hybridized carbons (Fsp3) is 0.290. The first-order chi connectivity index (χ1) is 20.3. The minimum Gasteiger partial charge on any atom is -0.465 e. The van der Waals surface area contributed by atoms with Crippen molar-refractivity contribution in [3.05, 3.63) is 83.6 Å². The Labute approximate surface area is 250 Å². The van der Waals surface area contributed by atoms with Crippen LogP contribution in [-0.2, 0) is 23.1 Å². The number of aromatic nitrogens is 2. The van der Waals surface area contributed by atoms with Crippen molar-refractivity contribution < 1.29 is 23.1 Å². The lowest BCUT2D eigenvalue weighted by atomic mass is 9.85. The highest BCUT2D eigenvalue weighted by Gasteiger charge is 2.29. The van der Waals surface area contributed by atoms with E-state index < -0.39 is 27.6 Å². The van der Waals surface area contributed by atoms with Crippen LogP contribution in [0, 0.1) is 5.41 Å². The summed E-state index contributed by atoms with van der Waals surface area (Å²) < 4.78 is 29.6. The standard InChI is InChI=1S/C31H34N6O5S/c1-31(2,3)26(35-30(39)40)14-15-33-43(41,42)25-11-7-6-10-22(25)19-12-13-24-23(16-19)27(36-29(32)34-24)28(38)37-17-20-8-4-5-9-21(20)18-37/h4-13,16,26,33,35H,14-15,17-18H2,1-3H3,(H,39,40)(H2,32,34,36). The van der Waals surface area contributed by atoms with Gasteiger partial charge >= 0.3 is 6.09 Å². The highest BCUT2D eigenvalue weighted by Crippen LogP contribution is 2.32. The zero-order chi connectivity index (χ0) is 30.9. The highest BCUT2D eigenvalue weighted by atomic mass is 32.2. The molecular weight excluding hydrogens is 568 g/mol. The number of carbonyl (C=O) groups is 2. The van der Waals surface area contributed by atoms with Gasteiger partial charge in [0.2, 0.25) is 16.0 Å². The van der Waals surface area contributed by atoms with Crippen LogP contribution in [0.5, 0.6) is 0 Å². The normalized spacial score (nSPS) is 14.0. The Hall–Kier alpha value is -4.55. The molecule has 1 aliphatic heterocycles. The topological polar surface area (TPSA) is 168 Å². The number of carboxylic acid groups (broad SMARTS) is 1.